The quantitative estimate of drug-likeness (QED) is 0.649. The van der Waals surface area contributed by atoms with Crippen LogP contribution in [-0.4, -0.2) is 23.4 Å². The topological polar surface area (TPSA) is 62.6 Å². The molecule has 0 radical (unpaired) electrons. The molecule has 118 valence electrons. The van der Waals surface area contributed by atoms with Crippen LogP contribution >= 0.6 is 15.9 Å². The second-order valence-corrected chi connectivity index (χ2v) is 6.07. The maximum atomic E-state index is 12.2. The van der Waals surface area contributed by atoms with Crippen LogP contribution in [0.3, 0.4) is 0 Å². The monoisotopic (exact) mass is 374 g/mol. The van der Waals surface area contributed by atoms with Gasteiger partial charge in [-0.15, -0.1) is 0 Å². The van der Waals surface area contributed by atoms with Gasteiger partial charge in [0.15, 0.2) is 0 Å². The van der Waals surface area contributed by atoms with Crippen LogP contribution in [0.15, 0.2) is 51.0 Å². The molecular weight excluding hydrogens is 360 g/mol. The van der Waals surface area contributed by atoms with E-state index in [2.05, 4.69) is 21.2 Å². The largest absolute Gasteiger partial charge is 0.457 e. The van der Waals surface area contributed by atoms with Crippen LogP contribution in [-0.2, 0) is 4.79 Å². The predicted octanol–water partition coefficient (Wildman–Crippen LogP) is 4.01. The Bertz CT molecular complexity index is 777. The van der Waals surface area contributed by atoms with E-state index in [1.54, 1.807) is 12.1 Å². The summed E-state index contributed by atoms with van der Waals surface area (Å²) < 4.78 is 6.73. The van der Waals surface area contributed by atoms with Crippen LogP contribution in [0, 0.1) is 0 Å². The van der Waals surface area contributed by atoms with Gasteiger partial charge in [-0.3, -0.25) is 9.69 Å². The van der Waals surface area contributed by atoms with Crippen molar-refractivity contribution in [2.45, 2.75) is 13.3 Å². The lowest BCUT2D eigenvalue weighted by atomic mass is 10.2. The molecule has 0 aliphatic carbocycles. The average Bonchev–Trinajstić information content (AvgIpc) is 3.09. The van der Waals surface area contributed by atoms with E-state index in [1.165, 1.54) is 4.90 Å². The highest BCUT2D eigenvalue weighted by atomic mass is 79.9. The molecule has 0 bridgehead atoms. The zero-order valence-electron chi connectivity index (χ0n) is 12.5. The van der Waals surface area contributed by atoms with E-state index in [4.69, 9.17) is 4.42 Å². The molecule has 0 spiro atoms. The van der Waals surface area contributed by atoms with E-state index in [0.717, 1.165) is 16.5 Å². The molecule has 1 saturated heterocycles. The highest BCUT2D eigenvalue weighted by Gasteiger charge is 2.32. The highest BCUT2D eigenvalue weighted by molar-refractivity contribution is 9.10. The molecule has 6 heteroatoms. The normalized spacial score (nSPS) is 16.3. The first-order valence-corrected chi connectivity index (χ1v) is 8.08. The number of halogens is 1. The van der Waals surface area contributed by atoms with Crippen molar-refractivity contribution in [1.29, 1.82) is 0 Å². The molecule has 1 fully saturated rings. The smallest absolute Gasteiger partial charge is 0.329 e. The van der Waals surface area contributed by atoms with Crippen LogP contribution in [0.4, 0.5) is 4.79 Å². The third-order valence-electron chi connectivity index (χ3n) is 3.45. The molecule has 1 aromatic carbocycles. The molecule has 1 aromatic heterocycles. The minimum atomic E-state index is -0.386. The first-order valence-electron chi connectivity index (χ1n) is 7.29. The van der Waals surface area contributed by atoms with Crippen molar-refractivity contribution in [1.82, 2.24) is 10.2 Å². The number of benzene rings is 1. The lowest BCUT2D eigenvalue weighted by Crippen LogP contribution is -2.31. The molecule has 23 heavy (non-hydrogen) atoms. The summed E-state index contributed by atoms with van der Waals surface area (Å²) in [5, 5.41) is 2.58. The second kappa shape index (κ2) is 6.42. The van der Waals surface area contributed by atoms with Gasteiger partial charge in [-0.25, -0.2) is 4.79 Å². The Balaban J connectivity index is 1.82. The minimum Gasteiger partial charge on any atom is -0.457 e. The summed E-state index contributed by atoms with van der Waals surface area (Å²) in [7, 11) is 0. The van der Waals surface area contributed by atoms with Gasteiger partial charge in [0.1, 0.15) is 17.2 Å². The number of furan rings is 1. The van der Waals surface area contributed by atoms with Crippen molar-refractivity contribution in [2.75, 3.05) is 6.54 Å². The van der Waals surface area contributed by atoms with Crippen LogP contribution in [0.5, 0.6) is 0 Å². The molecule has 1 N–H and O–H groups in total. The van der Waals surface area contributed by atoms with E-state index in [1.807, 2.05) is 37.3 Å². The molecule has 1 aliphatic heterocycles. The van der Waals surface area contributed by atoms with Gasteiger partial charge in [-0.05, 0) is 30.7 Å². The Kier molecular flexibility index (Phi) is 4.34. The first-order chi connectivity index (χ1) is 11.1. The van der Waals surface area contributed by atoms with Gasteiger partial charge in [0.25, 0.3) is 5.91 Å². The maximum absolute atomic E-state index is 12.2. The number of amides is 3. The number of hydrogen-bond acceptors (Lipinski definition) is 3. The van der Waals surface area contributed by atoms with Crippen LogP contribution in [0.2, 0.25) is 0 Å². The summed E-state index contributed by atoms with van der Waals surface area (Å²) in [5.74, 6) is 0.898. The molecule has 0 atom stereocenters. The summed E-state index contributed by atoms with van der Waals surface area (Å²) in [6.45, 7) is 2.32. The van der Waals surface area contributed by atoms with Crippen LogP contribution in [0.25, 0.3) is 17.4 Å². The fourth-order valence-electron chi connectivity index (χ4n) is 2.34. The molecule has 2 aromatic rings. The zero-order chi connectivity index (χ0) is 16.4. The number of nitrogens with one attached hydrogen (secondary N) is 1. The summed E-state index contributed by atoms with van der Waals surface area (Å²) in [6, 6.07) is 10.9. The number of rotatable bonds is 4. The van der Waals surface area contributed by atoms with E-state index >= 15 is 0 Å². The third kappa shape index (κ3) is 3.22. The van der Waals surface area contributed by atoms with E-state index < -0.39 is 0 Å². The van der Waals surface area contributed by atoms with Crippen molar-refractivity contribution < 1.29 is 14.0 Å². The summed E-state index contributed by atoms with van der Waals surface area (Å²) >= 11 is 3.39. The Morgan fingerprint density at radius 1 is 1.17 bits per heavy atom. The zero-order valence-corrected chi connectivity index (χ0v) is 14.1. The first kappa shape index (κ1) is 15.6. The van der Waals surface area contributed by atoms with Gasteiger partial charge in [-0.2, -0.15) is 0 Å². The third-order valence-corrected chi connectivity index (χ3v) is 3.98. The standard InChI is InChI=1S/C17H15BrN2O3/c1-2-9-20-16(21)14(19-17(20)22)10-13-7-8-15(23-13)11-3-5-12(18)6-4-11/h3-8,10H,2,9H2,1H3,(H,19,22)/b14-10-. The SMILES string of the molecule is CCCN1C(=O)N/C(=C\c2ccc(-c3ccc(Br)cc3)o2)C1=O. The lowest BCUT2D eigenvalue weighted by Gasteiger charge is -2.08. The average molecular weight is 375 g/mol. The van der Waals surface area contributed by atoms with Crippen LogP contribution < -0.4 is 5.32 Å². The van der Waals surface area contributed by atoms with Gasteiger partial charge >= 0.3 is 6.03 Å². The number of hydrogen-bond donors (Lipinski definition) is 1. The number of imide groups is 1. The molecule has 5 nitrogen and oxygen atoms in total. The Labute approximate surface area is 142 Å². The fourth-order valence-corrected chi connectivity index (χ4v) is 2.60. The maximum Gasteiger partial charge on any atom is 0.329 e. The lowest BCUT2D eigenvalue weighted by molar-refractivity contribution is -0.122. The summed E-state index contributed by atoms with van der Waals surface area (Å²) in [4.78, 5) is 25.1. The van der Waals surface area contributed by atoms with Crippen LogP contribution in [0.1, 0.15) is 19.1 Å². The van der Waals surface area contributed by atoms with Crippen molar-refractivity contribution in [3.05, 3.63) is 52.3 Å². The number of carbonyl (C=O) groups is 2. The Hall–Kier alpha value is -2.34. The molecule has 0 unspecified atom stereocenters. The van der Waals surface area contributed by atoms with Gasteiger partial charge in [0.05, 0.1) is 0 Å². The van der Waals surface area contributed by atoms with Crippen molar-refractivity contribution in [2.24, 2.45) is 0 Å². The number of nitrogens with zero attached hydrogens (tertiary/aromatic N) is 1. The summed E-state index contributed by atoms with van der Waals surface area (Å²) in [5.41, 5.74) is 1.17. The van der Waals surface area contributed by atoms with E-state index in [9.17, 15) is 9.59 Å². The molecule has 2 heterocycles. The van der Waals surface area contributed by atoms with Crippen molar-refractivity contribution in [3.8, 4) is 11.3 Å². The minimum absolute atomic E-state index is 0.236. The highest BCUT2D eigenvalue weighted by Crippen LogP contribution is 2.25. The number of carbonyl (C=O) groups excluding carboxylic acids is 2. The Morgan fingerprint density at radius 2 is 1.91 bits per heavy atom. The Morgan fingerprint density at radius 3 is 2.61 bits per heavy atom. The summed E-state index contributed by atoms with van der Waals surface area (Å²) in [6.07, 6.45) is 2.28. The van der Waals surface area contributed by atoms with Gasteiger partial charge in [-0.1, -0.05) is 35.0 Å². The molecule has 3 rings (SSSR count). The fraction of sp³-hybridized carbons (Fsp3) is 0.176. The molecular formula is C17H15BrN2O3. The van der Waals surface area contributed by atoms with E-state index in [0.29, 0.717) is 18.1 Å². The van der Waals surface area contributed by atoms with E-state index in [-0.39, 0.29) is 17.6 Å². The molecule has 1 aliphatic rings. The van der Waals surface area contributed by atoms with Gasteiger partial charge < -0.3 is 9.73 Å². The van der Waals surface area contributed by atoms with Crippen molar-refractivity contribution in [3.63, 3.8) is 0 Å². The van der Waals surface area contributed by atoms with Crippen molar-refractivity contribution >= 4 is 33.9 Å². The molecule has 0 saturated carbocycles. The van der Waals surface area contributed by atoms with Gasteiger partial charge in [0, 0.05) is 22.7 Å². The number of urea groups is 1. The van der Waals surface area contributed by atoms with Gasteiger partial charge in [0.2, 0.25) is 0 Å². The molecule has 3 amide bonds. The predicted molar refractivity (Wildman–Crippen MR) is 90.4 cm³/mol. The second-order valence-electron chi connectivity index (χ2n) is 5.15.